The average Bonchev–Trinajstić information content (AvgIpc) is 2.37. The van der Waals surface area contributed by atoms with E-state index in [9.17, 15) is 22.7 Å². The Labute approximate surface area is 121 Å². The van der Waals surface area contributed by atoms with Crippen LogP contribution in [0.15, 0.2) is 28.7 Å². The average molecular weight is 349 g/mol. The van der Waals surface area contributed by atoms with Crippen LogP contribution in [0.5, 0.6) is 0 Å². The summed E-state index contributed by atoms with van der Waals surface area (Å²) in [4.78, 5) is 0. The fraction of sp³-hybridized carbons (Fsp3) is 0.143. The summed E-state index contributed by atoms with van der Waals surface area (Å²) in [5, 5.41) is 10.00. The molecule has 0 amide bonds. The summed E-state index contributed by atoms with van der Waals surface area (Å²) < 4.78 is 53.8. The molecule has 0 fully saturated rings. The molecule has 2 aromatic rings. The molecule has 0 radical (unpaired) electrons. The van der Waals surface area contributed by atoms with Gasteiger partial charge >= 0.3 is 0 Å². The van der Waals surface area contributed by atoms with Gasteiger partial charge < -0.3 is 5.11 Å². The molecule has 0 bridgehead atoms. The van der Waals surface area contributed by atoms with E-state index in [4.69, 9.17) is 0 Å². The Balaban J connectivity index is 2.54. The zero-order valence-electron chi connectivity index (χ0n) is 10.2. The van der Waals surface area contributed by atoms with Gasteiger partial charge in [-0.3, -0.25) is 0 Å². The van der Waals surface area contributed by atoms with Crippen LogP contribution in [0.2, 0.25) is 0 Å². The maximum absolute atomic E-state index is 13.7. The van der Waals surface area contributed by atoms with Crippen LogP contribution in [0.1, 0.15) is 22.8 Å². The maximum Gasteiger partial charge on any atom is 0.137 e. The van der Waals surface area contributed by atoms with Gasteiger partial charge in [-0.15, -0.1) is 0 Å². The van der Waals surface area contributed by atoms with E-state index in [1.165, 1.54) is 6.92 Å². The summed E-state index contributed by atoms with van der Waals surface area (Å²) in [5.74, 6) is -3.49. The molecule has 2 rings (SSSR count). The molecular formula is C14H9BrF4O. The Morgan fingerprint density at radius 2 is 1.40 bits per heavy atom. The standard InChI is InChI=1S/C14H9BrF4O/c1-6-2-7(12(18)5-10(6)16)14(20)8-3-13(19)9(15)4-11(8)17/h2-5,14,20H,1H3. The quantitative estimate of drug-likeness (QED) is 0.630. The fourth-order valence-electron chi connectivity index (χ4n) is 1.80. The fourth-order valence-corrected chi connectivity index (χ4v) is 2.12. The zero-order chi connectivity index (χ0) is 15.0. The molecule has 0 saturated carbocycles. The second-order valence-electron chi connectivity index (χ2n) is 4.31. The third-order valence-corrected chi connectivity index (χ3v) is 3.51. The van der Waals surface area contributed by atoms with Crippen LogP contribution < -0.4 is 0 Å². The minimum atomic E-state index is -1.73. The smallest absolute Gasteiger partial charge is 0.137 e. The lowest BCUT2D eigenvalue weighted by molar-refractivity contribution is 0.208. The summed E-state index contributed by atoms with van der Waals surface area (Å²) in [6.07, 6.45) is -1.73. The van der Waals surface area contributed by atoms with Gasteiger partial charge in [-0.25, -0.2) is 17.6 Å². The summed E-state index contributed by atoms with van der Waals surface area (Å²) in [6.45, 7) is 1.38. The molecule has 1 unspecified atom stereocenters. The highest BCUT2D eigenvalue weighted by Crippen LogP contribution is 2.30. The van der Waals surface area contributed by atoms with Crippen molar-refractivity contribution in [1.29, 1.82) is 0 Å². The highest BCUT2D eigenvalue weighted by molar-refractivity contribution is 9.10. The Morgan fingerprint density at radius 3 is 2.05 bits per heavy atom. The van der Waals surface area contributed by atoms with Crippen molar-refractivity contribution in [3.05, 3.63) is 68.7 Å². The molecule has 0 aliphatic heterocycles. The molecule has 0 saturated heterocycles. The third kappa shape index (κ3) is 2.71. The molecule has 0 aliphatic carbocycles. The molecule has 0 aromatic heterocycles. The summed E-state index contributed by atoms with van der Waals surface area (Å²) >= 11 is 2.80. The van der Waals surface area contributed by atoms with Crippen LogP contribution in [0.4, 0.5) is 17.6 Å². The van der Waals surface area contributed by atoms with Crippen LogP contribution in [0.25, 0.3) is 0 Å². The van der Waals surface area contributed by atoms with Gasteiger partial charge in [-0.05, 0) is 46.6 Å². The molecule has 6 heteroatoms. The van der Waals surface area contributed by atoms with Gasteiger partial charge in [0.25, 0.3) is 0 Å². The Hall–Kier alpha value is -1.40. The molecule has 0 aliphatic rings. The van der Waals surface area contributed by atoms with Crippen molar-refractivity contribution in [3.8, 4) is 0 Å². The van der Waals surface area contributed by atoms with Crippen LogP contribution in [-0.2, 0) is 0 Å². The van der Waals surface area contributed by atoms with E-state index in [2.05, 4.69) is 15.9 Å². The largest absolute Gasteiger partial charge is 0.383 e. The van der Waals surface area contributed by atoms with E-state index in [1.807, 2.05) is 0 Å². The first kappa shape index (κ1) is 15.0. The topological polar surface area (TPSA) is 20.2 Å². The van der Waals surface area contributed by atoms with Crippen molar-refractivity contribution in [2.45, 2.75) is 13.0 Å². The molecule has 106 valence electrons. The van der Waals surface area contributed by atoms with Crippen molar-refractivity contribution in [2.75, 3.05) is 0 Å². The van der Waals surface area contributed by atoms with Gasteiger partial charge in [0.2, 0.25) is 0 Å². The van der Waals surface area contributed by atoms with Crippen molar-refractivity contribution in [3.63, 3.8) is 0 Å². The second-order valence-corrected chi connectivity index (χ2v) is 5.17. The molecule has 1 nitrogen and oxygen atoms in total. The van der Waals surface area contributed by atoms with Gasteiger partial charge in [0.05, 0.1) is 4.47 Å². The van der Waals surface area contributed by atoms with E-state index in [-0.39, 0.29) is 15.6 Å². The van der Waals surface area contributed by atoms with Gasteiger partial charge in [-0.1, -0.05) is 0 Å². The van der Waals surface area contributed by atoms with Crippen molar-refractivity contribution in [1.82, 2.24) is 0 Å². The van der Waals surface area contributed by atoms with Crippen LogP contribution >= 0.6 is 15.9 Å². The van der Waals surface area contributed by atoms with E-state index < -0.39 is 34.9 Å². The predicted molar refractivity (Wildman–Crippen MR) is 69.2 cm³/mol. The van der Waals surface area contributed by atoms with Gasteiger partial charge in [0.15, 0.2) is 0 Å². The van der Waals surface area contributed by atoms with E-state index in [0.29, 0.717) is 6.07 Å². The molecule has 0 heterocycles. The SMILES string of the molecule is Cc1cc(C(O)c2cc(F)c(Br)cc2F)c(F)cc1F. The van der Waals surface area contributed by atoms with Gasteiger partial charge in [-0.2, -0.15) is 0 Å². The minimum Gasteiger partial charge on any atom is -0.383 e. The first-order valence-corrected chi connectivity index (χ1v) is 6.38. The highest BCUT2D eigenvalue weighted by Gasteiger charge is 2.21. The summed E-state index contributed by atoms with van der Waals surface area (Å²) in [6, 6.07) is 3.26. The van der Waals surface area contributed by atoms with Gasteiger partial charge in [0, 0.05) is 17.2 Å². The van der Waals surface area contributed by atoms with Crippen LogP contribution in [0.3, 0.4) is 0 Å². The van der Waals surface area contributed by atoms with Crippen LogP contribution in [-0.4, -0.2) is 5.11 Å². The van der Waals surface area contributed by atoms with Gasteiger partial charge in [0.1, 0.15) is 29.4 Å². The number of aryl methyl sites for hydroxylation is 1. The maximum atomic E-state index is 13.7. The zero-order valence-corrected chi connectivity index (χ0v) is 11.8. The predicted octanol–water partition coefficient (Wildman–Crippen LogP) is 4.40. The lowest BCUT2D eigenvalue weighted by Crippen LogP contribution is -2.07. The molecular weight excluding hydrogens is 340 g/mol. The lowest BCUT2D eigenvalue weighted by atomic mass is 9.98. The normalized spacial score (nSPS) is 12.6. The molecule has 0 spiro atoms. The molecule has 1 N–H and O–H groups in total. The van der Waals surface area contributed by atoms with Crippen molar-refractivity contribution >= 4 is 15.9 Å². The molecule has 20 heavy (non-hydrogen) atoms. The number of halogens is 5. The van der Waals surface area contributed by atoms with Crippen molar-refractivity contribution < 1.29 is 22.7 Å². The number of aliphatic hydroxyl groups excluding tert-OH is 1. The minimum absolute atomic E-state index is 0.0958. The monoisotopic (exact) mass is 348 g/mol. The Bertz CT molecular complexity index is 615. The van der Waals surface area contributed by atoms with Crippen LogP contribution in [0, 0.1) is 30.2 Å². The summed E-state index contributed by atoms with van der Waals surface area (Å²) in [7, 11) is 0. The number of hydrogen-bond donors (Lipinski definition) is 1. The number of hydrogen-bond acceptors (Lipinski definition) is 1. The third-order valence-electron chi connectivity index (χ3n) is 2.91. The second kappa shape index (κ2) is 5.54. The van der Waals surface area contributed by atoms with E-state index in [1.54, 1.807) is 0 Å². The number of aliphatic hydroxyl groups is 1. The number of rotatable bonds is 2. The molecule has 1 atom stereocenters. The highest BCUT2D eigenvalue weighted by atomic mass is 79.9. The van der Waals surface area contributed by atoms with E-state index >= 15 is 0 Å². The lowest BCUT2D eigenvalue weighted by Gasteiger charge is -2.15. The first-order valence-electron chi connectivity index (χ1n) is 5.59. The summed E-state index contributed by atoms with van der Waals surface area (Å²) in [5.41, 5.74) is -0.640. The Kier molecular flexibility index (Phi) is 4.15. The first-order chi connectivity index (χ1) is 9.31. The number of benzene rings is 2. The van der Waals surface area contributed by atoms with Crippen molar-refractivity contribution in [2.24, 2.45) is 0 Å². The molecule has 2 aromatic carbocycles. The van der Waals surface area contributed by atoms with E-state index in [0.717, 1.165) is 18.2 Å². The Morgan fingerprint density at radius 1 is 0.850 bits per heavy atom.